The van der Waals surface area contributed by atoms with Gasteiger partial charge < -0.3 is 5.32 Å². The molecule has 0 bridgehead atoms. The van der Waals surface area contributed by atoms with Crippen molar-refractivity contribution >= 4 is 17.2 Å². The highest BCUT2D eigenvalue weighted by molar-refractivity contribution is 7.12. The predicted octanol–water partition coefficient (Wildman–Crippen LogP) is 1.14. The van der Waals surface area contributed by atoms with Gasteiger partial charge in [0.25, 0.3) is 5.91 Å². The van der Waals surface area contributed by atoms with Gasteiger partial charge in [-0.1, -0.05) is 12.1 Å². The number of nitrogens with zero attached hydrogens (tertiary/aromatic N) is 4. The Labute approximate surface area is 136 Å². The average Bonchev–Trinajstić information content (AvgIpc) is 3.20. The maximum atomic E-state index is 12.2. The first-order valence-electron chi connectivity index (χ1n) is 7.04. The number of nitrogens with one attached hydrogen (secondary N) is 1. The van der Waals surface area contributed by atoms with Crippen molar-refractivity contribution in [3.63, 3.8) is 0 Å². The van der Waals surface area contributed by atoms with Crippen LogP contribution in [0, 0.1) is 0 Å². The fraction of sp³-hybridized carbons (Fsp3) is 0.200. The fourth-order valence-corrected chi connectivity index (χ4v) is 2.76. The zero-order valence-electron chi connectivity index (χ0n) is 12.5. The summed E-state index contributed by atoms with van der Waals surface area (Å²) in [6, 6.07) is 9.02. The number of hydrogen-bond acceptors (Lipinski definition) is 5. The lowest BCUT2D eigenvalue weighted by atomic mass is 10.3. The summed E-state index contributed by atoms with van der Waals surface area (Å²) >= 11 is 1.38. The van der Waals surface area contributed by atoms with Crippen LogP contribution in [0.15, 0.2) is 46.7 Å². The van der Waals surface area contributed by atoms with E-state index in [9.17, 15) is 9.59 Å². The molecule has 3 aromatic rings. The van der Waals surface area contributed by atoms with E-state index in [0.29, 0.717) is 29.5 Å². The van der Waals surface area contributed by atoms with Crippen molar-refractivity contribution in [3.05, 3.63) is 57.3 Å². The lowest BCUT2D eigenvalue weighted by Crippen LogP contribution is -2.31. The number of thiophene rings is 1. The summed E-state index contributed by atoms with van der Waals surface area (Å²) in [5, 5.41) is 8.92. The smallest absolute Gasteiger partial charge is 0.346 e. The van der Waals surface area contributed by atoms with Crippen LogP contribution in [-0.4, -0.2) is 31.8 Å². The minimum absolute atomic E-state index is 0.145. The molecule has 0 spiro atoms. The first kappa shape index (κ1) is 15.2. The first-order valence-corrected chi connectivity index (χ1v) is 7.91. The zero-order chi connectivity index (χ0) is 16.2. The van der Waals surface area contributed by atoms with E-state index in [1.54, 1.807) is 31.4 Å². The van der Waals surface area contributed by atoms with Gasteiger partial charge in [0, 0.05) is 19.8 Å². The highest BCUT2D eigenvalue weighted by Crippen LogP contribution is 2.10. The number of pyridine rings is 1. The molecule has 0 aliphatic rings. The van der Waals surface area contributed by atoms with E-state index < -0.39 is 0 Å². The molecule has 0 aliphatic carbocycles. The van der Waals surface area contributed by atoms with E-state index in [0.717, 1.165) is 0 Å². The molecule has 0 unspecified atom stereocenters. The number of carbonyl (C=O) groups is 1. The highest BCUT2D eigenvalue weighted by atomic mass is 32.1. The second-order valence-corrected chi connectivity index (χ2v) is 5.78. The van der Waals surface area contributed by atoms with Crippen molar-refractivity contribution in [1.29, 1.82) is 0 Å². The maximum Gasteiger partial charge on any atom is 0.346 e. The van der Waals surface area contributed by atoms with Gasteiger partial charge in [-0.2, -0.15) is 0 Å². The average molecular weight is 329 g/mol. The van der Waals surface area contributed by atoms with Crippen LogP contribution >= 0.6 is 11.3 Å². The largest absolute Gasteiger partial charge is 0.349 e. The van der Waals surface area contributed by atoms with Crippen molar-refractivity contribution in [3.8, 4) is 11.5 Å². The van der Waals surface area contributed by atoms with Crippen LogP contribution < -0.4 is 11.0 Å². The molecule has 0 radical (unpaired) electrons. The summed E-state index contributed by atoms with van der Waals surface area (Å²) in [5.74, 6) is 0.356. The highest BCUT2D eigenvalue weighted by Gasteiger charge is 2.13. The topological polar surface area (TPSA) is 81.8 Å². The molecule has 118 valence electrons. The van der Waals surface area contributed by atoms with Gasteiger partial charge in [0.05, 0.1) is 11.4 Å². The van der Waals surface area contributed by atoms with Crippen molar-refractivity contribution < 1.29 is 4.79 Å². The van der Waals surface area contributed by atoms with E-state index >= 15 is 0 Å². The lowest BCUT2D eigenvalue weighted by Gasteiger charge is -2.02. The van der Waals surface area contributed by atoms with Crippen LogP contribution in [0.3, 0.4) is 0 Å². The molecular formula is C15H15N5O2S. The SMILES string of the molecule is Cn1c(-c2ccccn2)nn(CCNC(=O)c2cccs2)c1=O. The van der Waals surface area contributed by atoms with Gasteiger partial charge in [-0.05, 0) is 23.6 Å². The molecule has 0 aromatic carbocycles. The molecule has 0 saturated carbocycles. The second kappa shape index (κ2) is 6.57. The molecule has 3 heterocycles. The number of amides is 1. The zero-order valence-corrected chi connectivity index (χ0v) is 13.3. The van der Waals surface area contributed by atoms with Crippen LogP contribution in [0.1, 0.15) is 9.67 Å². The molecule has 3 aromatic heterocycles. The Hall–Kier alpha value is -2.74. The molecular weight excluding hydrogens is 314 g/mol. The molecule has 1 amide bonds. The van der Waals surface area contributed by atoms with Gasteiger partial charge in [-0.25, -0.2) is 9.48 Å². The van der Waals surface area contributed by atoms with Crippen molar-refractivity contribution in [2.75, 3.05) is 6.54 Å². The monoisotopic (exact) mass is 329 g/mol. The molecule has 0 aliphatic heterocycles. The van der Waals surface area contributed by atoms with Crippen LogP contribution in [-0.2, 0) is 13.6 Å². The van der Waals surface area contributed by atoms with Crippen LogP contribution in [0.2, 0.25) is 0 Å². The molecule has 1 N–H and O–H groups in total. The summed E-state index contributed by atoms with van der Waals surface area (Å²) in [6.07, 6.45) is 1.65. The quantitative estimate of drug-likeness (QED) is 0.761. The van der Waals surface area contributed by atoms with E-state index in [1.807, 2.05) is 17.5 Å². The van der Waals surface area contributed by atoms with Gasteiger partial charge in [-0.15, -0.1) is 16.4 Å². The lowest BCUT2D eigenvalue weighted by molar-refractivity contribution is 0.0956. The van der Waals surface area contributed by atoms with Crippen molar-refractivity contribution in [2.45, 2.75) is 6.54 Å². The molecule has 7 nitrogen and oxygen atoms in total. The molecule has 0 saturated heterocycles. The van der Waals surface area contributed by atoms with E-state index in [4.69, 9.17) is 0 Å². The van der Waals surface area contributed by atoms with E-state index in [-0.39, 0.29) is 11.6 Å². The summed E-state index contributed by atoms with van der Waals surface area (Å²) in [6.45, 7) is 0.631. The predicted molar refractivity (Wildman–Crippen MR) is 87.4 cm³/mol. The van der Waals surface area contributed by atoms with E-state index in [2.05, 4.69) is 15.4 Å². The third kappa shape index (κ3) is 3.21. The third-order valence-electron chi connectivity index (χ3n) is 3.29. The summed E-state index contributed by atoms with van der Waals surface area (Å²) in [5.41, 5.74) is 0.393. The Morgan fingerprint density at radius 2 is 2.17 bits per heavy atom. The van der Waals surface area contributed by atoms with Crippen LogP contribution in [0.5, 0.6) is 0 Å². The normalized spacial score (nSPS) is 10.7. The first-order chi connectivity index (χ1) is 11.2. The Bertz CT molecular complexity index is 852. The Kier molecular flexibility index (Phi) is 4.33. The number of aromatic nitrogens is 4. The minimum atomic E-state index is -0.240. The van der Waals surface area contributed by atoms with Gasteiger partial charge in [0.2, 0.25) is 0 Å². The summed E-state index contributed by atoms with van der Waals surface area (Å²) in [7, 11) is 1.65. The maximum absolute atomic E-state index is 12.2. The standard InChI is InChI=1S/C15H15N5O2S/c1-19-13(11-5-2-3-7-16-11)18-20(15(19)22)9-8-17-14(21)12-6-4-10-23-12/h2-7,10H,8-9H2,1H3,(H,17,21). The summed E-state index contributed by atoms with van der Waals surface area (Å²) in [4.78, 5) is 28.9. The Morgan fingerprint density at radius 1 is 1.30 bits per heavy atom. The molecule has 3 rings (SSSR count). The van der Waals surface area contributed by atoms with Crippen LogP contribution in [0.25, 0.3) is 11.5 Å². The minimum Gasteiger partial charge on any atom is -0.349 e. The van der Waals surface area contributed by atoms with Crippen molar-refractivity contribution in [1.82, 2.24) is 24.6 Å². The molecule has 0 atom stereocenters. The Morgan fingerprint density at radius 3 is 2.87 bits per heavy atom. The molecule has 8 heteroatoms. The molecule has 23 heavy (non-hydrogen) atoms. The van der Waals surface area contributed by atoms with E-state index in [1.165, 1.54) is 20.6 Å². The number of hydrogen-bond donors (Lipinski definition) is 1. The van der Waals surface area contributed by atoms with Crippen LogP contribution in [0.4, 0.5) is 0 Å². The number of carbonyl (C=O) groups excluding carboxylic acids is 1. The van der Waals surface area contributed by atoms with Crippen molar-refractivity contribution in [2.24, 2.45) is 7.05 Å². The second-order valence-electron chi connectivity index (χ2n) is 4.84. The Balaban J connectivity index is 1.69. The summed E-state index contributed by atoms with van der Waals surface area (Å²) < 4.78 is 2.78. The fourth-order valence-electron chi connectivity index (χ4n) is 2.12. The third-order valence-corrected chi connectivity index (χ3v) is 4.16. The van der Waals surface area contributed by atoms with Gasteiger partial charge in [-0.3, -0.25) is 14.3 Å². The number of rotatable bonds is 5. The van der Waals surface area contributed by atoms with Gasteiger partial charge in [0.1, 0.15) is 5.69 Å². The van der Waals surface area contributed by atoms with Gasteiger partial charge >= 0.3 is 5.69 Å². The van der Waals surface area contributed by atoms with Gasteiger partial charge in [0.15, 0.2) is 5.82 Å². The molecule has 0 fully saturated rings.